The molecule has 1 aromatic heterocycles. The van der Waals surface area contributed by atoms with Gasteiger partial charge in [-0.2, -0.15) is 0 Å². The van der Waals surface area contributed by atoms with E-state index in [9.17, 15) is 0 Å². The summed E-state index contributed by atoms with van der Waals surface area (Å²) in [5.41, 5.74) is 4.99. The number of allylic oxidation sites excluding steroid dienone is 5. The van der Waals surface area contributed by atoms with Crippen molar-refractivity contribution < 1.29 is 4.42 Å². The normalized spacial score (nSPS) is 21.1. The number of fused-ring (bicyclic) bond motifs is 3. The van der Waals surface area contributed by atoms with Crippen LogP contribution in [0.5, 0.6) is 0 Å². The second-order valence-electron chi connectivity index (χ2n) is 5.37. The molecule has 0 saturated carbocycles. The van der Waals surface area contributed by atoms with E-state index >= 15 is 0 Å². The van der Waals surface area contributed by atoms with Crippen molar-refractivity contribution in [2.45, 2.75) is 24.1 Å². The second-order valence-corrected chi connectivity index (χ2v) is 6.54. The highest BCUT2D eigenvalue weighted by Crippen LogP contribution is 2.37. The maximum Gasteiger partial charge on any atom is 0.142 e. The van der Waals surface area contributed by atoms with Crippen molar-refractivity contribution in [3.8, 4) is 0 Å². The minimum Gasteiger partial charge on any atom is -0.456 e. The molecule has 1 nitrogen and oxygen atoms in total. The first-order valence-electron chi connectivity index (χ1n) is 7.05. The summed E-state index contributed by atoms with van der Waals surface area (Å²) in [6.45, 7) is 0. The second kappa shape index (κ2) is 4.78. The first-order chi connectivity index (χ1) is 9.83. The fourth-order valence-electron chi connectivity index (χ4n) is 3.09. The molecule has 0 spiro atoms. The summed E-state index contributed by atoms with van der Waals surface area (Å²) in [4.78, 5) is 0.419. The predicted molar refractivity (Wildman–Crippen MR) is 88.0 cm³/mol. The smallest absolute Gasteiger partial charge is 0.142 e. The van der Waals surface area contributed by atoms with Crippen LogP contribution in [0, 0.1) is 0 Å². The van der Waals surface area contributed by atoms with Crippen LogP contribution in [0.15, 0.2) is 46.9 Å². The molecule has 1 atom stereocenters. The number of rotatable bonds is 1. The van der Waals surface area contributed by atoms with Gasteiger partial charge in [-0.05, 0) is 30.9 Å². The monoisotopic (exact) mass is 326 g/mol. The van der Waals surface area contributed by atoms with E-state index in [1.54, 1.807) is 0 Å². The first-order valence-corrected chi connectivity index (χ1v) is 7.97. The molecule has 0 fully saturated rings. The van der Waals surface area contributed by atoms with Gasteiger partial charge in [0.25, 0.3) is 0 Å². The molecule has 20 heavy (non-hydrogen) atoms. The van der Waals surface area contributed by atoms with Crippen molar-refractivity contribution in [1.82, 2.24) is 0 Å². The summed E-state index contributed by atoms with van der Waals surface area (Å²) in [5, 5.41) is 1.28. The van der Waals surface area contributed by atoms with Gasteiger partial charge in [-0.1, -0.05) is 58.4 Å². The van der Waals surface area contributed by atoms with Gasteiger partial charge in [-0.25, -0.2) is 0 Å². The fourth-order valence-corrected chi connectivity index (χ4v) is 3.62. The van der Waals surface area contributed by atoms with Gasteiger partial charge < -0.3 is 4.42 Å². The van der Waals surface area contributed by atoms with E-state index < -0.39 is 0 Å². The molecule has 100 valence electrons. The third-order valence-corrected chi connectivity index (χ3v) is 4.69. The molecule has 1 unspecified atom stereocenters. The molecule has 2 aliphatic rings. The molecule has 0 amide bonds. The summed E-state index contributed by atoms with van der Waals surface area (Å²) >= 11 is 3.68. The highest BCUT2D eigenvalue weighted by Gasteiger charge is 2.19. The van der Waals surface area contributed by atoms with Crippen LogP contribution in [0.2, 0.25) is 0 Å². The quantitative estimate of drug-likeness (QED) is 0.631. The minimum atomic E-state index is 0.419. The molecule has 2 heteroatoms. The van der Waals surface area contributed by atoms with E-state index in [2.05, 4.69) is 64.5 Å². The highest BCUT2D eigenvalue weighted by atomic mass is 79.9. The average molecular weight is 327 g/mol. The van der Waals surface area contributed by atoms with Gasteiger partial charge in [0.1, 0.15) is 11.3 Å². The third kappa shape index (κ3) is 1.90. The number of alkyl halides is 1. The van der Waals surface area contributed by atoms with Crippen LogP contribution < -0.4 is 0 Å². The van der Waals surface area contributed by atoms with Crippen LogP contribution in [0.1, 0.15) is 29.7 Å². The van der Waals surface area contributed by atoms with Gasteiger partial charge >= 0.3 is 0 Å². The van der Waals surface area contributed by atoms with Gasteiger partial charge in [0, 0.05) is 21.3 Å². The summed E-state index contributed by atoms with van der Waals surface area (Å²) < 4.78 is 6.14. The standard InChI is InChI=1S/C18H15BrO/c19-13-6-3-5-12(11-13)14-8-4-9-16-15-7-1-2-10-17(15)20-18(14)16/h2-6,8-10,13H,1,7,11H2. The van der Waals surface area contributed by atoms with Gasteiger partial charge in [-0.3, -0.25) is 0 Å². The molecule has 2 aromatic rings. The maximum atomic E-state index is 6.14. The zero-order valence-electron chi connectivity index (χ0n) is 11.1. The summed E-state index contributed by atoms with van der Waals surface area (Å²) in [7, 11) is 0. The third-order valence-electron chi connectivity index (χ3n) is 4.06. The Labute approximate surface area is 126 Å². The van der Waals surface area contributed by atoms with E-state index in [0.717, 1.165) is 30.6 Å². The number of para-hydroxylation sites is 1. The highest BCUT2D eigenvalue weighted by molar-refractivity contribution is 9.09. The van der Waals surface area contributed by atoms with Crippen LogP contribution in [-0.4, -0.2) is 4.83 Å². The van der Waals surface area contributed by atoms with Crippen molar-refractivity contribution in [3.63, 3.8) is 0 Å². The molecule has 1 aromatic carbocycles. The van der Waals surface area contributed by atoms with Gasteiger partial charge in [0.05, 0.1) is 0 Å². The minimum absolute atomic E-state index is 0.419. The molecule has 0 radical (unpaired) electrons. The lowest BCUT2D eigenvalue weighted by molar-refractivity contribution is 0.594. The number of hydrogen-bond donors (Lipinski definition) is 0. The Bertz CT molecular complexity index is 761. The first kappa shape index (κ1) is 12.2. The molecule has 0 aliphatic heterocycles. The zero-order chi connectivity index (χ0) is 13.5. The van der Waals surface area contributed by atoms with Crippen LogP contribution in [0.25, 0.3) is 22.6 Å². The van der Waals surface area contributed by atoms with Crippen molar-refractivity contribution >= 4 is 38.5 Å². The summed E-state index contributed by atoms with van der Waals surface area (Å²) in [5.74, 6) is 1.04. The molecule has 4 rings (SSSR count). The fraction of sp³-hybridized carbons (Fsp3) is 0.222. The Morgan fingerprint density at radius 3 is 3.10 bits per heavy atom. The topological polar surface area (TPSA) is 13.1 Å². The predicted octanol–water partition coefficient (Wildman–Crippen LogP) is 5.50. The molecular formula is C18H15BrO. The number of aryl methyl sites for hydroxylation is 1. The Morgan fingerprint density at radius 1 is 1.25 bits per heavy atom. The van der Waals surface area contributed by atoms with Crippen molar-refractivity contribution in [2.24, 2.45) is 0 Å². The number of hydrogen-bond acceptors (Lipinski definition) is 1. The van der Waals surface area contributed by atoms with Crippen LogP contribution >= 0.6 is 15.9 Å². The van der Waals surface area contributed by atoms with Crippen LogP contribution in [0.4, 0.5) is 0 Å². The maximum absolute atomic E-state index is 6.14. The SMILES string of the molecule is BrC1C=CC=C(c2cccc3c4c(oc23)C=CCC4)C1. The largest absolute Gasteiger partial charge is 0.456 e. The van der Waals surface area contributed by atoms with Crippen molar-refractivity contribution in [3.05, 3.63) is 59.4 Å². The number of benzene rings is 1. The van der Waals surface area contributed by atoms with Gasteiger partial charge in [0.15, 0.2) is 0 Å². The lowest BCUT2D eigenvalue weighted by atomic mass is 9.94. The van der Waals surface area contributed by atoms with Crippen LogP contribution in [0.3, 0.4) is 0 Å². The lowest BCUT2D eigenvalue weighted by Gasteiger charge is -2.13. The van der Waals surface area contributed by atoms with Crippen molar-refractivity contribution in [1.29, 1.82) is 0 Å². The number of halogens is 1. The summed E-state index contributed by atoms with van der Waals surface area (Å²) in [6.07, 6.45) is 14.0. The molecule has 1 heterocycles. The van der Waals surface area contributed by atoms with Gasteiger partial charge in [0.2, 0.25) is 0 Å². The lowest BCUT2D eigenvalue weighted by Crippen LogP contribution is -1.99. The molecule has 0 bridgehead atoms. The average Bonchev–Trinajstić information content (AvgIpc) is 2.86. The van der Waals surface area contributed by atoms with E-state index in [1.165, 1.54) is 22.1 Å². The Morgan fingerprint density at radius 2 is 2.20 bits per heavy atom. The van der Waals surface area contributed by atoms with Crippen molar-refractivity contribution in [2.75, 3.05) is 0 Å². The van der Waals surface area contributed by atoms with E-state index in [0.29, 0.717) is 4.83 Å². The zero-order valence-corrected chi connectivity index (χ0v) is 12.7. The van der Waals surface area contributed by atoms with E-state index in [1.807, 2.05) is 0 Å². The molecule has 0 N–H and O–H groups in total. The van der Waals surface area contributed by atoms with E-state index in [4.69, 9.17) is 4.42 Å². The molecular weight excluding hydrogens is 312 g/mol. The Hall–Kier alpha value is -1.54. The Balaban J connectivity index is 1.93. The number of furan rings is 1. The van der Waals surface area contributed by atoms with Gasteiger partial charge in [-0.15, -0.1) is 0 Å². The summed E-state index contributed by atoms with van der Waals surface area (Å²) in [6, 6.07) is 6.51. The Kier molecular flexibility index (Phi) is 2.92. The molecule has 0 saturated heterocycles. The van der Waals surface area contributed by atoms with Crippen LogP contribution in [-0.2, 0) is 6.42 Å². The van der Waals surface area contributed by atoms with E-state index in [-0.39, 0.29) is 0 Å². The molecule has 2 aliphatic carbocycles.